The zero-order chi connectivity index (χ0) is 28.4. The number of nitrogens with two attached hydrogens (primary N) is 1. The molecule has 4 N–H and O–H groups in total. The van der Waals surface area contributed by atoms with E-state index in [4.69, 9.17) is 10.7 Å². The molecule has 40 heavy (non-hydrogen) atoms. The topological polar surface area (TPSA) is 99.8 Å². The van der Waals surface area contributed by atoms with Crippen LogP contribution in [0.25, 0.3) is 0 Å². The Morgan fingerprint density at radius 1 is 1.05 bits per heavy atom. The van der Waals surface area contributed by atoms with Gasteiger partial charge in [0.05, 0.1) is 6.54 Å². The van der Waals surface area contributed by atoms with Gasteiger partial charge in [-0.15, -0.1) is 0 Å². The minimum atomic E-state index is -0.697. The van der Waals surface area contributed by atoms with E-state index in [1.165, 1.54) is 37.7 Å². The molecule has 2 atom stereocenters. The Labute approximate surface area is 240 Å². The van der Waals surface area contributed by atoms with Crippen LogP contribution in [0.5, 0.6) is 0 Å². The number of urea groups is 1. The smallest absolute Gasteiger partial charge is 0.315 e. The highest BCUT2D eigenvalue weighted by Crippen LogP contribution is 2.39. The maximum atomic E-state index is 13.8. The number of aliphatic imine (C=N–C) groups is 1. The van der Waals surface area contributed by atoms with Gasteiger partial charge in [-0.1, -0.05) is 106 Å². The quantitative estimate of drug-likeness (QED) is 0.285. The summed E-state index contributed by atoms with van der Waals surface area (Å²) in [6, 6.07) is 18.2. The molecule has 1 aliphatic heterocycles. The molecule has 2 aliphatic rings. The molecule has 7 heteroatoms. The van der Waals surface area contributed by atoms with E-state index in [2.05, 4.69) is 29.7 Å². The first-order valence-electron chi connectivity index (χ1n) is 15.2. The molecule has 2 aromatic rings. The standard InChI is InChI=1S/C33H47N5O2/c1-3-4-21-33(22-27-13-9-6-10-14-27)30(39)38(31(34)37-33)24-29-19-17-28(18-20-29)23-35-32(40)36-25(2)15-16-26-11-7-5-8-12-26/h5,7-8,11-12,17-20,25,27H,3-4,6,9-10,13-16,21-24H2,1-2H3,(H2,34,37)(H2,35,36,40). The Morgan fingerprint density at radius 2 is 1.75 bits per heavy atom. The Kier molecular flexibility index (Phi) is 10.6. The summed E-state index contributed by atoms with van der Waals surface area (Å²) < 4.78 is 0. The summed E-state index contributed by atoms with van der Waals surface area (Å²) in [7, 11) is 0. The number of carbonyl (C=O) groups excluding carboxylic acids is 2. The lowest BCUT2D eigenvalue weighted by Gasteiger charge is -2.32. The first kappa shape index (κ1) is 29.6. The van der Waals surface area contributed by atoms with Crippen LogP contribution in [0, 0.1) is 5.92 Å². The van der Waals surface area contributed by atoms with Gasteiger partial charge in [0.2, 0.25) is 0 Å². The van der Waals surface area contributed by atoms with E-state index >= 15 is 0 Å². The van der Waals surface area contributed by atoms with Gasteiger partial charge in [-0.2, -0.15) is 0 Å². The van der Waals surface area contributed by atoms with Crippen LogP contribution in [0.15, 0.2) is 59.6 Å². The molecule has 216 valence electrons. The monoisotopic (exact) mass is 545 g/mol. The lowest BCUT2D eigenvalue weighted by Crippen LogP contribution is -2.45. The maximum absolute atomic E-state index is 13.8. The van der Waals surface area contributed by atoms with Gasteiger partial charge in [0.1, 0.15) is 5.54 Å². The number of carbonyl (C=O) groups is 2. The lowest BCUT2D eigenvalue weighted by molar-refractivity contribution is -0.132. The molecule has 1 heterocycles. The zero-order valence-corrected chi connectivity index (χ0v) is 24.3. The van der Waals surface area contributed by atoms with Crippen molar-refractivity contribution in [3.8, 4) is 0 Å². The van der Waals surface area contributed by atoms with Crippen molar-refractivity contribution in [2.45, 2.75) is 109 Å². The number of amides is 3. The van der Waals surface area contributed by atoms with Crippen molar-refractivity contribution in [3.05, 3.63) is 71.3 Å². The second-order valence-corrected chi connectivity index (χ2v) is 11.8. The van der Waals surface area contributed by atoms with E-state index in [0.717, 1.165) is 49.7 Å². The number of aryl methyl sites for hydroxylation is 1. The minimum Gasteiger partial charge on any atom is -0.369 e. The molecule has 7 nitrogen and oxygen atoms in total. The van der Waals surface area contributed by atoms with Crippen molar-refractivity contribution >= 4 is 17.9 Å². The fourth-order valence-corrected chi connectivity index (χ4v) is 6.07. The molecule has 3 amide bonds. The van der Waals surface area contributed by atoms with Crippen LogP contribution in [0.2, 0.25) is 0 Å². The van der Waals surface area contributed by atoms with Crippen LogP contribution in [-0.4, -0.2) is 34.4 Å². The normalized spacial score (nSPS) is 20.3. The summed E-state index contributed by atoms with van der Waals surface area (Å²) in [5, 5.41) is 5.97. The summed E-state index contributed by atoms with van der Waals surface area (Å²) in [6.07, 6.45) is 11.6. The van der Waals surface area contributed by atoms with E-state index in [1.54, 1.807) is 4.90 Å². The van der Waals surface area contributed by atoms with Crippen LogP contribution in [0.3, 0.4) is 0 Å². The molecule has 0 bridgehead atoms. The maximum Gasteiger partial charge on any atom is 0.315 e. The number of nitrogens with zero attached hydrogens (tertiary/aromatic N) is 2. The molecular weight excluding hydrogens is 498 g/mol. The first-order chi connectivity index (χ1) is 19.4. The van der Waals surface area contributed by atoms with Gasteiger partial charge in [-0.05, 0) is 55.2 Å². The minimum absolute atomic E-state index is 0.0628. The van der Waals surface area contributed by atoms with Crippen molar-refractivity contribution in [2.75, 3.05) is 0 Å². The predicted octanol–water partition coefficient (Wildman–Crippen LogP) is 6.06. The average Bonchev–Trinajstić information content (AvgIpc) is 3.19. The summed E-state index contributed by atoms with van der Waals surface area (Å²) >= 11 is 0. The largest absolute Gasteiger partial charge is 0.369 e. The summed E-state index contributed by atoms with van der Waals surface area (Å²) in [5.74, 6) is 0.968. The highest BCUT2D eigenvalue weighted by Gasteiger charge is 2.48. The van der Waals surface area contributed by atoms with Crippen LogP contribution in [0.4, 0.5) is 4.79 Å². The predicted molar refractivity (Wildman–Crippen MR) is 162 cm³/mol. The Hall–Kier alpha value is -3.35. The van der Waals surface area contributed by atoms with E-state index in [9.17, 15) is 9.59 Å². The van der Waals surface area contributed by atoms with E-state index < -0.39 is 5.54 Å². The number of hydrogen-bond acceptors (Lipinski definition) is 4. The molecule has 2 unspecified atom stereocenters. The van der Waals surface area contributed by atoms with Crippen molar-refractivity contribution in [3.63, 3.8) is 0 Å². The summed E-state index contributed by atoms with van der Waals surface area (Å²) in [5.41, 5.74) is 8.95. The highest BCUT2D eigenvalue weighted by molar-refractivity contribution is 6.06. The van der Waals surface area contributed by atoms with Crippen molar-refractivity contribution in [1.82, 2.24) is 15.5 Å². The third-order valence-electron chi connectivity index (χ3n) is 8.45. The van der Waals surface area contributed by atoms with Gasteiger partial charge in [-0.3, -0.25) is 9.69 Å². The van der Waals surface area contributed by atoms with Crippen molar-refractivity contribution in [1.29, 1.82) is 0 Å². The molecule has 0 spiro atoms. The third-order valence-corrected chi connectivity index (χ3v) is 8.45. The molecule has 4 rings (SSSR count). The number of hydrogen-bond donors (Lipinski definition) is 3. The molecule has 1 fully saturated rings. The SMILES string of the molecule is CCCCC1(CC2CCCCC2)N=C(N)N(Cc2ccc(CNC(=O)NC(C)CCc3ccccc3)cc2)C1=O. The van der Waals surface area contributed by atoms with Crippen LogP contribution < -0.4 is 16.4 Å². The van der Waals surface area contributed by atoms with Gasteiger partial charge in [0, 0.05) is 12.6 Å². The Morgan fingerprint density at radius 3 is 2.45 bits per heavy atom. The fraction of sp³-hybridized carbons (Fsp3) is 0.545. The van der Waals surface area contributed by atoms with E-state index in [1.807, 2.05) is 49.4 Å². The van der Waals surface area contributed by atoms with Crippen LogP contribution in [0.1, 0.15) is 94.7 Å². The highest BCUT2D eigenvalue weighted by atomic mass is 16.2. The lowest BCUT2D eigenvalue weighted by atomic mass is 9.77. The summed E-state index contributed by atoms with van der Waals surface area (Å²) in [4.78, 5) is 32.7. The molecular formula is C33H47N5O2. The van der Waals surface area contributed by atoms with Crippen molar-refractivity contribution in [2.24, 2.45) is 16.6 Å². The number of benzene rings is 2. The van der Waals surface area contributed by atoms with Crippen LogP contribution in [-0.2, 0) is 24.3 Å². The average molecular weight is 546 g/mol. The number of rotatable bonds is 13. The molecule has 0 radical (unpaired) electrons. The van der Waals surface area contributed by atoms with Crippen LogP contribution >= 0.6 is 0 Å². The molecule has 2 aromatic carbocycles. The second kappa shape index (κ2) is 14.3. The first-order valence-corrected chi connectivity index (χ1v) is 15.2. The second-order valence-electron chi connectivity index (χ2n) is 11.8. The molecule has 0 aromatic heterocycles. The zero-order valence-electron chi connectivity index (χ0n) is 24.3. The number of unbranched alkanes of at least 4 members (excludes halogenated alkanes) is 1. The Bertz CT molecular complexity index is 1130. The van der Waals surface area contributed by atoms with Gasteiger partial charge in [0.15, 0.2) is 5.96 Å². The Balaban J connectivity index is 1.27. The molecule has 1 saturated carbocycles. The third kappa shape index (κ3) is 8.09. The van der Waals surface area contributed by atoms with Crippen molar-refractivity contribution < 1.29 is 9.59 Å². The van der Waals surface area contributed by atoms with Gasteiger partial charge >= 0.3 is 6.03 Å². The molecule has 1 aliphatic carbocycles. The number of nitrogens with one attached hydrogen (secondary N) is 2. The van der Waals surface area contributed by atoms with E-state index in [0.29, 0.717) is 25.0 Å². The number of guanidine groups is 1. The van der Waals surface area contributed by atoms with E-state index in [-0.39, 0.29) is 18.0 Å². The fourth-order valence-electron chi connectivity index (χ4n) is 6.07. The summed E-state index contributed by atoms with van der Waals surface area (Å²) in [6.45, 7) is 5.04. The van der Waals surface area contributed by atoms with Gasteiger partial charge in [0.25, 0.3) is 5.91 Å². The van der Waals surface area contributed by atoms with Gasteiger partial charge < -0.3 is 16.4 Å². The molecule has 0 saturated heterocycles. The van der Waals surface area contributed by atoms with Gasteiger partial charge in [-0.25, -0.2) is 9.79 Å².